The summed E-state index contributed by atoms with van der Waals surface area (Å²) in [7, 11) is 0. The summed E-state index contributed by atoms with van der Waals surface area (Å²) in [5, 5.41) is 3.65. The maximum atomic E-state index is 3.65. The van der Waals surface area contributed by atoms with Crippen molar-refractivity contribution in [3.8, 4) is 0 Å². The summed E-state index contributed by atoms with van der Waals surface area (Å²) in [5.41, 5.74) is 0.469. The van der Waals surface area contributed by atoms with Crippen LogP contribution in [-0.2, 0) is 0 Å². The van der Waals surface area contributed by atoms with Gasteiger partial charge in [0.05, 0.1) is 0 Å². The van der Waals surface area contributed by atoms with Crippen molar-refractivity contribution in [3.63, 3.8) is 0 Å². The van der Waals surface area contributed by atoms with Gasteiger partial charge in [0.1, 0.15) is 0 Å². The normalized spacial score (nSPS) is 14.2. The van der Waals surface area contributed by atoms with Crippen molar-refractivity contribution in [1.82, 2.24) is 5.32 Å². The molecule has 15 heavy (non-hydrogen) atoms. The predicted molar refractivity (Wildman–Crippen MR) is 70.3 cm³/mol. The van der Waals surface area contributed by atoms with Crippen molar-refractivity contribution < 1.29 is 0 Å². The van der Waals surface area contributed by atoms with Gasteiger partial charge in [-0.3, -0.25) is 0 Å². The first-order valence-corrected chi connectivity index (χ1v) is 6.75. The lowest BCUT2D eigenvalue weighted by Gasteiger charge is -2.27. The third-order valence-corrected chi connectivity index (χ3v) is 3.11. The largest absolute Gasteiger partial charge is 0.314 e. The van der Waals surface area contributed by atoms with Gasteiger partial charge in [-0.05, 0) is 25.2 Å². The molecule has 0 radical (unpaired) electrons. The minimum absolute atomic E-state index is 0.469. The van der Waals surface area contributed by atoms with E-state index in [0.29, 0.717) is 11.5 Å². The molecule has 0 bridgehead atoms. The molecule has 0 aromatic carbocycles. The van der Waals surface area contributed by atoms with Crippen LogP contribution in [0.3, 0.4) is 0 Å². The third-order valence-electron chi connectivity index (χ3n) is 3.11. The second kappa shape index (κ2) is 8.15. The molecule has 0 aromatic heterocycles. The van der Waals surface area contributed by atoms with Crippen molar-refractivity contribution in [2.24, 2.45) is 5.41 Å². The zero-order valence-corrected chi connectivity index (χ0v) is 11.5. The van der Waals surface area contributed by atoms with Crippen molar-refractivity contribution in [2.45, 2.75) is 79.2 Å². The highest BCUT2D eigenvalue weighted by molar-refractivity contribution is 4.73. The van der Waals surface area contributed by atoms with Crippen LogP contribution in [0.1, 0.15) is 73.1 Å². The third kappa shape index (κ3) is 8.92. The number of hydrogen-bond acceptors (Lipinski definition) is 1. The van der Waals surface area contributed by atoms with E-state index >= 15 is 0 Å². The molecule has 1 N–H and O–H groups in total. The molecule has 0 saturated heterocycles. The first-order chi connectivity index (χ1) is 7.02. The summed E-state index contributed by atoms with van der Waals surface area (Å²) in [6.45, 7) is 12.8. The second-order valence-electron chi connectivity index (χ2n) is 5.69. The summed E-state index contributed by atoms with van der Waals surface area (Å²) >= 11 is 0. The number of hydrogen-bond donors (Lipinski definition) is 1. The van der Waals surface area contributed by atoms with Crippen molar-refractivity contribution >= 4 is 0 Å². The molecule has 0 amide bonds. The minimum atomic E-state index is 0.469. The van der Waals surface area contributed by atoms with E-state index in [4.69, 9.17) is 0 Å². The van der Waals surface area contributed by atoms with Crippen LogP contribution in [0, 0.1) is 5.41 Å². The highest BCUT2D eigenvalue weighted by Gasteiger charge is 2.17. The molecule has 1 atom stereocenters. The van der Waals surface area contributed by atoms with E-state index in [9.17, 15) is 0 Å². The predicted octanol–water partition coefficient (Wildman–Crippen LogP) is 4.37. The molecule has 0 aliphatic rings. The molecule has 0 aliphatic heterocycles. The first kappa shape index (κ1) is 15.0. The van der Waals surface area contributed by atoms with Gasteiger partial charge in [0.2, 0.25) is 0 Å². The van der Waals surface area contributed by atoms with Gasteiger partial charge in [0.15, 0.2) is 0 Å². The molecule has 1 unspecified atom stereocenters. The Balaban J connectivity index is 3.62. The molecule has 1 nitrogen and oxygen atoms in total. The van der Waals surface area contributed by atoms with Crippen LogP contribution in [0.2, 0.25) is 0 Å². The maximum absolute atomic E-state index is 3.65. The van der Waals surface area contributed by atoms with Gasteiger partial charge in [-0.2, -0.15) is 0 Å². The topological polar surface area (TPSA) is 12.0 Å². The molecule has 0 aliphatic carbocycles. The van der Waals surface area contributed by atoms with Crippen molar-refractivity contribution in [2.75, 3.05) is 6.54 Å². The van der Waals surface area contributed by atoms with Gasteiger partial charge in [0, 0.05) is 12.6 Å². The fourth-order valence-electron chi connectivity index (χ4n) is 1.93. The average Bonchev–Trinajstić information content (AvgIpc) is 2.16. The molecule has 0 rings (SSSR count). The second-order valence-corrected chi connectivity index (χ2v) is 5.69. The highest BCUT2D eigenvalue weighted by Crippen LogP contribution is 2.22. The van der Waals surface area contributed by atoms with Crippen LogP contribution in [0.25, 0.3) is 0 Å². The Morgan fingerprint density at radius 3 is 2.27 bits per heavy atom. The Morgan fingerprint density at radius 1 is 1.07 bits per heavy atom. The zero-order chi connectivity index (χ0) is 11.7. The summed E-state index contributed by atoms with van der Waals surface area (Å²) in [6.07, 6.45) is 8.03. The SMILES string of the molecule is CCCCCC(C)(C)CNC(C)CCC. The number of unbranched alkanes of at least 4 members (excludes halogenated alkanes) is 2. The van der Waals surface area contributed by atoms with E-state index in [1.807, 2.05) is 0 Å². The summed E-state index contributed by atoms with van der Waals surface area (Å²) in [5.74, 6) is 0. The highest BCUT2D eigenvalue weighted by atomic mass is 14.9. The molecular weight excluding hydrogens is 182 g/mol. The molecular formula is C14H31N. The average molecular weight is 213 g/mol. The molecule has 92 valence electrons. The lowest BCUT2D eigenvalue weighted by Crippen LogP contribution is -2.35. The van der Waals surface area contributed by atoms with Gasteiger partial charge in [-0.1, -0.05) is 53.4 Å². The van der Waals surface area contributed by atoms with Crippen molar-refractivity contribution in [3.05, 3.63) is 0 Å². The van der Waals surface area contributed by atoms with Crippen LogP contribution in [0.4, 0.5) is 0 Å². The molecule has 0 aromatic rings. The molecule has 0 saturated carbocycles. The Bertz CT molecular complexity index is 140. The van der Waals surface area contributed by atoms with Crippen LogP contribution in [0.15, 0.2) is 0 Å². The van der Waals surface area contributed by atoms with E-state index in [0.717, 1.165) is 6.54 Å². The minimum Gasteiger partial charge on any atom is -0.314 e. The van der Waals surface area contributed by atoms with Crippen LogP contribution >= 0.6 is 0 Å². The summed E-state index contributed by atoms with van der Waals surface area (Å²) in [6, 6.07) is 0.681. The number of rotatable bonds is 9. The fourth-order valence-corrected chi connectivity index (χ4v) is 1.93. The molecule has 0 fully saturated rings. The van der Waals surface area contributed by atoms with Crippen LogP contribution < -0.4 is 5.32 Å². The van der Waals surface area contributed by atoms with Gasteiger partial charge >= 0.3 is 0 Å². The Morgan fingerprint density at radius 2 is 1.73 bits per heavy atom. The smallest absolute Gasteiger partial charge is 0.00388 e. The van der Waals surface area contributed by atoms with Gasteiger partial charge in [-0.15, -0.1) is 0 Å². The standard InChI is InChI=1S/C14H31N/c1-6-8-9-11-14(4,5)12-15-13(3)10-7-2/h13,15H,6-12H2,1-5H3. The summed E-state index contributed by atoms with van der Waals surface area (Å²) < 4.78 is 0. The van der Waals surface area contributed by atoms with E-state index in [-0.39, 0.29) is 0 Å². The number of nitrogens with one attached hydrogen (secondary N) is 1. The summed E-state index contributed by atoms with van der Waals surface area (Å²) in [4.78, 5) is 0. The first-order valence-electron chi connectivity index (χ1n) is 6.75. The Kier molecular flexibility index (Phi) is 8.13. The van der Waals surface area contributed by atoms with Crippen LogP contribution in [-0.4, -0.2) is 12.6 Å². The quantitative estimate of drug-likeness (QED) is 0.561. The fraction of sp³-hybridized carbons (Fsp3) is 1.00. The van der Waals surface area contributed by atoms with E-state index in [1.54, 1.807) is 0 Å². The van der Waals surface area contributed by atoms with E-state index in [2.05, 4.69) is 39.9 Å². The molecule has 0 spiro atoms. The van der Waals surface area contributed by atoms with Crippen LogP contribution in [0.5, 0.6) is 0 Å². The zero-order valence-electron chi connectivity index (χ0n) is 11.5. The van der Waals surface area contributed by atoms with E-state index in [1.165, 1.54) is 38.5 Å². The Hall–Kier alpha value is -0.0400. The van der Waals surface area contributed by atoms with Gasteiger partial charge in [0.25, 0.3) is 0 Å². The van der Waals surface area contributed by atoms with Gasteiger partial charge < -0.3 is 5.32 Å². The van der Waals surface area contributed by atoms with Crippen molar-refractivity contribution in [1.29, 1.82) is 0 Å². The molecule has 1 heteroatoms. The monoisotopic (exact) mass is 213 g/mol. The lowest BCUT2D eigenvalue weighted by atomic mass is 9.86. The lowest BCUT2D eigenvalue weighted by molar-refractivity contribution is 0.286. The molecule has 0 heterocycles. The van der Waals surface area contributed by atoms with E-state index < -0.39 is 0 Å². The van der Waals surface area contributed by atoms with Gasteiger partial charge in [-0.25, -0.2) is 0 Å². The maximum Gasteiger partial charge on any atom is 0.00388 e. The Labute approximate surface area is 97.0 Å².